The van der Waals surface area contributed by atoms with Crippen molar-refractivity contribution in [3.63, 3.8) is 0 Å². The van der Waals surface area contributed by atoms with Gasteiger partial charge in [0, 0.05) is 5.39 Å². The van der Waals surface area contributed by atoms with Crippen LogP contribution in [0.2, 0.25) is 0 Å². The zero-order valence-corrected chi connectivity index (χ0v) is 16.5. The van der Waals surface area contributed by atoms with Crippen LogP contribution in [0.4, 0.5) is 0 Å². The van der Waals surface area contributed by atoms with Gasteiger partial charge in [0.1, 0.15) is 37.4 Å². The van der Waals surface area contributed by atoms with Gasteiger partial charge in [0.25, 0.3) is 0 Å². The molecule has 0 aliphatic carbocycles. The lowest BCUT2D eigenvalue weighted by molar-refractivity contribution is -0.151. The maximum absolute atomic E-state index is 11.5. The first-order valence-electron chi connectivity index (χ1n) is 9.26. The molecule has 0 aliphatic heterocycles. The van der Waals surface area contributed by atoms with E-state index in [2.05, 4.69) is 4.74 Å². The number of esters is 2. The quantitative estimate of drug-likeness (QED) is 0.544. The minimum Gasteiger partial charge on any atom is -0.491 e. The third kappa shape index (κ3) is 7.59. The molecule has 2 aromatic carbocycles. The van der Waals surface area contributed by atoms with Crippen molar-refractivity contribution >= 4 is 22.7 Å². The molecular weight excluding hydrogens is 380 g/mol. The van der Waals surface area contributed by atoms with Crippen molar-refractivity contribution in [1.29, 1.82) is 0 Å². The molecule has 0 aliphatic rings. The number of aliphatic hydroxyl groups excluding tert-OH is 2. The lowest BCUT2D eigenvalue weighted by Crippen LogP contribution is -2.25. The van der Waals surface area contributed by atoms with Crippen LogP contribution in [-0.2, 0) is 19.1 Å². The van der Waals surface area contributed by atoms with Gasteiger partial charge in [0.05, 0.1) is 26.1 Å². The SMILES string of the molecule is COC(=O)CCC(=O)OCC(O)COc1cccc2cc(OCC(C)O)ccc12. The van der Waals surface area contributed by atoms with Gasteiger partial charge >= 0.3 is 11.9 Å². The van der Waals surface area contributed by atoms with Crippen molar-refractivity contribution in [2.24, 2.45) is 0 Å². The molecule has 0 saturated heterocycles. The van der Waals surface area contributed by atoms with E-state index >= 15 is 0 Å². The van der Waals surface area contributed by atoms with Crippen LogP contribution in [0, 0.1) is 0 Å². The van der Waals surface area contributed by atoms with E-state index < -0.39 is 24.1 Å². The van der Waals surface area contributed by atoms with E-state index in [9.17, 15) is 19.8 Å². The Balaban J connectivity index is 1.86. The minimum atomic E-state index is -1.01. The number of hydrogen-bond donors (Lipinski definition) is 2. The molecule has 2 rings (SSSR count). The van der Waals surface area contributed by atoms with Crippen LogP contribution >= 0.6 is 0 Å². The van der Waals surface area contributed by atoms with Gasteiger partial charge in [-0.1, -0.05) is 12.1 Å². The molecule has 2 N–H and O–H groups in total. The second-order valence-corrected chi connectivity index (χ2v) is 6.52. The number of carbonyl (C=O) groups is 2. The molecule has 2 atom stereocenters. The number of fused-ring (bicyclic) bond motifs is 1. The first kappa shape index (κ1) is 22.4. The van der Waals surface area contributed by atoms with Gasteiger partial charge in [0.15, 0.2) is 0 Å². The molecule has 0 spiro atoms. The number of methoxy groups -OCH3 is 1. The molecular formula is C21H26O8. The van der Waals surface area contributed by atoms with E-state index in [1.54, 1.807) is 19.1 Å². The second kappa shape index (κ2) is 11.2. The average molecular weight is 406 g/mol. The standard InChI is InChI=1S/C21H26O8/c1-14(22)11-27-17-6-7-18-15(10-17)4-3-5-19(18)28-12-16(23)13-29-21(25)9-8-20(24)26-2/h3-7,10,14,16,22-23H,8-9,11-13H2,1-2H3. The molecule has 8 nitrogen and oxygen atoms in total. The Hall–Kier alpha value is -2.84. The van der Waals surface area contributed by atoms with Crippen LogP contribution < -0.4 is 9.47 Å². The Morgan fingerprint density at radius 3 is 2.45 bits per heavy atom. The van der Waals surface area contributed by atoms with Crippen molar-refractivity contribution in [2.45, 2.75) is 32.0 Å². The largest absolute Gasteiger partial charge is 0.491 e. The Labute approximate surface area is 168 Å². The third-order valence-electron chi connectivity index (χ3n) is 3.93. The molecule has 0 saturated carbocycles. The molecule has 8 heteroatoms. The van der Waals surface area contributed by atoms with Crippen molar-refractivity contribution < 1.29 is 38.7 Å². The lowest BCUT2D eigenvalue weighted by Gasteiger charge is -2.15. The molecule has 0 radical (unpaired) electrons. The van der Waals surface area contributed by atoms with Crippen LogP contribution in [0.15, 0.2) is 36.4 Å². The van der Waals surface area contributed by atoms with Crippen LogP contribution in [0.3, 0.4) is 0 Å². The number of ether oxygens (including phenoxy) is 4. The Morgan fingerprint density at radius 1 is 0.966 bits per heavy atom. The van der Waals surface area contributed by atoms with Gasteiger partial charge in [-0.2, -0.15) is 0 Å². The smallest absolute Gasteiger partial charge is 0.306 e. The maximum atomic E-state index is 11.5. The fourth-order valence-electron chi connectivity index (χ4n) is 2.47. The number of carbonyl (C=O) groups excluding carboxylic acids is 2. The monoisotopic (exact) mass is 406 g/mol. The van der Waals surface area contributed by atoms with E-state index in [-0.39, 0.29) is 32.7 Å². The molecule has 0 fully saturated rings. The zero-order chi connectivity index (χ0) is 21.2. The molecule has 158 valence electrons. The van der Waals surface area contributed by atoms with Gasteiger partial charge < -0.3 is 29.2 Å². The summed E-state index contributed by atoms with van der Waals surface area (Å²) < 4.78 is 20.5. The molecule has 2 unspecified atom stereocenters. The highest BCUT2D eigenvalue weighted by Gasteiger charge is 2.13. The van der Waals surface area contributed by atoms with E-state index in [0.717, 1.165) is 10.8 Å². The first-order chi connectivity index (χ1) is 13.9. The van der Waals surface area contributed by atoms with E-state index in [1.807, 2.05) is 24.3 Å². The Kier molecular flexibility index (Phi) is 8.69. The highest BCUT2D eigenvalue weighted by atomic mass is 16.6. The van der Waals surface area contributed by atoms with Crippen molar-refractivity contribution in [1.82, 2.24) is 0 Å². The second-order valence-electron chi connectivity index (χ2n) is 6.52. The van der Waals surface area contributed by atoms with E-state index in [0.29, 0.717) is 11.5 Å². The molecule has 0 bridgehead atoms. The topological polar surface area (TPSA) is 112 Å². The zero-order valence-electron chi connectivity index (χ0n) is 16.5. The van der Waals surface area contributed by atoms with E-state index in [4.69, 9.17) is 14.2 Å². The molecule has 2 aromatic rings. The van der Waals surface area contributed by atoms with Crippen molar-refractivity contribution in [3.05, 3.63) is 36.4 Å². The highest BCUT2D eigenvalue weighted by Crippen LogP contribution is 2.29. The van der Waals surface area contributed by atoms with Crippen LogP contribution in [-0.4, -0.2) is 61.3 Å². The van der Waals surface area contributed by atoms with Gasteiger partial charge in [0.2, 0.25) is 0 Å². The minimum absolute atomic E-state index is 0.0658. The lowest BCUT2D eigenvalue weighted by atomic mass is 10.1. The van der Waals surface area contributed by atoms with Crippen molar-refractivity contribution in [3.8, 4) is 11.5 Å². The summed E-state index contributed by atoms with van der Waals surface area (Å²) in [7, 11) is 1.24. The third-order valence-corrected chi connectivity index (χ3v) is 3.93. The predicted octanol–water partition coefficient (Wildman–Crippen LogP) is 1.84. The predicted molar refractivity (Wildman–Crippen MR) is 105 cm³/mol. The summed E-state index contributed by atoms with van der Waals surface area (Å²) in [6, 6.07) is 10.9. The molecule has 0 aromatic heterocycles. The van der Waals surface area contributed by atoms with E-state index in [1.165, 1.54) is 7.11 Å². The van der Waals surface area contributed by atoms with Crippen LogP contribution in [0.25, 0.3) is 10.8 Å². The van der Waals surface area contributed by atoms with Gasteiger partial charge in [-0.25, -0.2) is 0 Å². The van der Waals surface area contributed by atoms with Gasteiger partial charge in [-0.15, -0.1) is 0 Å². The first-order valence-corrected chi connectivity index (χ1v) is 9.26. The number of rotatable bonds is 11. The highest BCUT2D eigenvalue weighted by molar-refractivity contribution is 5.89. The summed E-state index contributed by atoms with van der Waals surface area (Å²) >= 11 is 0. The number of benzene rings is 2. The fraction of sp³-hybridized carbons (Fsp3) is 0.429. The molecule has 0 heterocycles. The van der Waals surface area contributed by atoms with Gasteiger partial charge in [-0.05, 0) is 36.6 Å². The summed E-state index contributed by atoms with van der Waals surface area (Å²) in [6.45, 7) is 1.55. The molecule has 0 amide bonds. The van der Waals surface area contributed by atoms with Crippen LogP contribution in [0.5, 0.6) is 11.5 Å². The summed E-state index contributed by atoms with van der Waals surface area (Å²) in [5, 5.41) is 21.0. The Bertz CT molecular complexity index is 817. The maximum Gasteiger partial charge on any atom is 0.306 e. The summed E-state index contributed by atoms with van der Waals surface area (Å²) in [4.78, 5) is 22.5. The van der Waals surface area contributed by atoms with Crippen LogP contribution in [0.1, 0.15) is 19.8 Å². The summed E-state index contributed by atoms with van der Waals surface area (Å²) in [5.74, 6) is 0.112. The van der Waals surface area contributed by atoms with Crippen molar-refractivity contribution in [2.75, 3.05) is 26.9 Å². The van der Waals surface area contributed by atoms with Gasteiger partial charge in [-0.3, -0.25) is 9.59 Å². The summed E-state index contributed by atoms with van der Waals surface area (Å²) in [5.41, 5.74) is 0. The average Bonchev–Trinajstić information content (AvgIpc) is 2.72. The Morgan fingerprint density at radius 2 is 1.72 bits per heavy atom. The fourth-order valence-corrected chi connectivity index (χ4v) is 2.47. The normalized spacial score (nSPS) is 12.8. The summed E-state index contributed by atoms with van der Waals surface area (Å²) in [6.07, 6.45) is -1.75. The molecule has 29 heavy (non-hydrogen) atoms. The number of aliphatic hydroxyl groups is 2. The number of hydrogen-bond acceptors (Lipinski definition) is 8.